The minimum absolute atomic E-state index is 0.0494. The Kier molecular flexibility index (Phi) is 3.32. The zero-order valence-electron chi connectivity index (χ0n) is 10.1. The van der Waals surface area contributed by atoms with Gasteiger partial charge in [0.15, 0.2) is 5.71 Å². The minimum atomic E-state index is -4.86. The molecule has 1 aromatic rings. The molecule has 0 fully saturated rings. The molecule has 1 aromatic carbocycles. The minimum Gasteiger partial charge on any atom is -0.461 e. The van der Waals surface area contributed by atoms with E-state index in [0.717, 1.165) is 12.1 Å². The van der Waals surface area contributed by atoms with Gasteiger partial charge in [0, 0.05) is 5.56 Å². The SMILES string of the molecule is CCOC(=O)C1=NS(=O)(=O)c2c1cccc2C(F)(F)F. The Morgan fingerprint density at radius 3 is 2.55 bits per heavy atom. The van der Waals surface area contributed by atoms with Gasteiger partial charge < -0.3 is 4.74 Å². The van der Waals surface area contributed by atoms with Gasteiger partial charge in [-0.1, -0.05) is 12.1 Å². The van der Waals surface area contributed by atoms with Gasteiger partial charge in [0.05, 0.1) is 12.2 Å². The lowest BCUT2D eigenvalue weighted by Crippen LogP contribution is -2.18. The largest absolute Gasteiger partial charge is 0.461 e. The van der Waals surface area contributed by atoms with E-state index >= 15 is 0 Å². The predicted molar refractivity (Wildman–Crippen MR) is 61.8 cm³/mol. The first-order valence-electron chi connectivity index (χ1n) is 5.41. The number of esters is 1. The van der Waals surface area contributed by atoms with Gasteiger partial charge in [-0.3, -0.25) is 0 Å². The predicted octanol–water partition coefficient (Wildman–Crippen LogP) is 1.76. The topological polar surface area (TPSA) is 72.8 Å². The number of carbonyl (C=O) groups excluding carboxylic acids is 1. The van der Waals surface area contributed by atoms with Crippen LogP contribution in [0.4, 0.5) is 13.2 Å². The summed E-state index contributed by atoms with van der Waals surface area (Å²) in [5.41, 5.74) is -2.37. The molecule has 1 aliphatic heterocycles. The summed E-state index contributed by atoms with van der Waals surface area (Å²) in [5.74, 6) is -1.07. The molecule has 0 radical (unpaired) electrons. The number of ether oxygens (including phenoxy) is 1. The number of hydrogen-bond acceptors (Lipinski definition) is 4. The van der Waals surface area contributed by atoms with Crippen molar-refractivity contribution in [1.29, 1.82) is 0 Å². The van der Waals surface area contributed by atoms with Crippen molar-refractivity contribution in [2.75, 3.05) is 6.61 Å². The maximum absolute atomic E-state index is 12.8. The van der Waals surface area contributed by atoms with Crippen LogP contribution < -0.4 is 0 Å². The zero-order chi connectivity index (χ0) is 15.1. The Labute approximate surface area is 112 Å². The fraction of sp³-hybridized carbons (Fsp3) is 0.273. The third-order valence-electron chi connectivity index (χ3n) is 2.51. The first-order chi connectivity index (χ1) is 9.18. The molecule has 108 valence electrons. The van der Waals surface area contributed by atoms with Crippen molar-refractivity contribution in [1.82, 2.24) is 0 Å². The molecule has 0 amide bonds. The maximum atomic E-state index is 12.8. The van der Waals surface area contributed by atoms with Crippen LogP contribution >= 0.6 is 0 Å². The van der Waals surface area contributed by atoms with Crippen LogP contribution in [0.25, 0.3) is 0 Å². The van der Waals surface area contributed by atoms with Crippen molar-refractivity contribution in [2.24, 2.45) is 4.40 Å². The normalized spacial score (nSPS) is 16.5. The van der Waals surface area contributed by atoms with E-state index in [-0.39, 0.29) is 6.61 Å². The van der Waals surface area contributed by atoms with Gasteiger partial charge in [0.25, 0.3) is 10.0 Å². The van der Waals surface area contributed by atoms with Crippen LogP contribution in [0, 0.1) is 0 Å². The van der Waals surface area contributed by atoms with Crippen LogP contribution in [0.3, 0.4) is 0 Å². The molecule has 2 rings (SSSR count). The highest BCUT2D eigenvalue weighted by atomic mass is 32.2. The number of hydrogen-bond donors (Lipinski definition) is 0. The molecule has 0 saturated carbocycles. The number of halogens is 3. The van der Waals surface area contributed by atoms with Gasteiger partial charge in [-0.2, -0.15) is 26.0 Å². The Bertz CT molecular complexity index is 707. The summed E-state index contributed by atoms with van der Waals surface area (Å²) in [4.78, 5) is 10.6. The van der Waals surface area contributed by atoms with E-state index in [1.807, 2.05) is 0 Å². The van der Waals surface area contributed by atoms with Crippen molar-refractivity contribution in [3.8, 4) is 0 Å². The molecular weight excluding hydrogens is 299 g/mol. The molecule has 20 heavy (non-hydrogen) atoms. The van der Waals surface area contributed by atoms with Crippen LogP contribution in [-0.4, -0.2) is 26.7 Å². The van der Waals surface area contributed by atoms with Gasteiger partial charge in [0.1, 0.15) is 4.90 Å². The summed E-state index contributed by atoms with van der Waals surface area (Å²) in [7, 11) is -4.56. The number of sulfonamides is 1. The molecular formula is C11H8F3NO4S. The molecule has 1 aliphatic rings. The van der Waals surface area contributed by atoms with Gasteiger partial charge in [-0.25, -0.2) is 4.79 Å². The van der Waals surface area contributed by atoms with E-state index in [0.29, 0.717) is 6.07 Å². The van der Waals surface area contributed by atoms with Gasteiger partial charge in [-0.05, 0) is 13.0 Å². The van der Waals surface area contributed by atoms with Crippen LogP contribution in [-0.2, 0) is 25.7 Å². The summed E-state index contributed by atoms with van der Waals surface area (Å²) >= 11 is 0. The monoisotopic (exact) mass is 307 g/mol. The van der Waals surface area contributed by atoms with Crippen molar-refractivity contribution < 1.29 is 31.1 Å². The molecule has 0 N–H and O–H groups in total. The molecule has 0 saturated heterocycles. The number of benzene rings is 1. The van der Waals surface area contributed by atoms with E-state index in [4.69, 9.17) is 0 Å². The molecule has 0 spiro atoms. The lowest BCUT2D eigenvalue weighted by atomic mass is 10.1. The maximum Gasteiger partial charge on any atom is 0.417 e. The van der Waals surface area contributed by atoms with E-state index in [9.17, 15) is 26.4 Å². The summed E-state index contributed by atoms with van der Waals surface area (Å²) in [5, 5.41) is 0. The highest BCUT2D eigenvalue weighted by molar-refractivity contribution is 7.91. The molecule has 0 bridgehead atoms. The zero-order valence-corrected chi connectivity index (χ0v) is 10.9. The van der Waals surface area contributed by atoms with E-state index in [2.05, 4.69) is 9.13 Å². The molecule has 1 heterocycles. The third-order valence-corrected chi connectivity index (χ3v) is 3.89. The van der Waals surface area contributed by atoms with E-state index < -0.39 is 43.9 Å². The fourth-order valence-electron chi connectivity index (χ4n) is 1.79. The highest BCUT2D eigenvalue weighted by Crippen LogP contribution is 2.39. The molecule has 0 aromatic heterocycles. The summed E-state index contributed by atoms with van der Waals surface area (Å²) < 4.78 is 69.7. The highest BCUT2D eigenvalue weighted by Gasteiger charge is 2.43. The smallest absolute Gasteiger partial charge is 0.417 e. The number of carbonyl (C=O) groups is 1. The molecule has 0 aliphatic carbocycles. The molecule has 0 unspecified atom stereocenters. The van der Waals surface area contributed by atoms with E-state index in [1.54, 1.807) is 0 Å². The average Bonchev–Trinajstić information content (AvgIpc) is 2.61. The quantitative estimate of drug-likeness (QED) is 0.780. The summed E-state index contributed by atoms with van der Waals surface area (Å²) in [6, 6.07) is 2.72. The van der Waals surface area contributed by atoms with Crippen LogP contribution in [0.5, 0.6) is 0 Å². The molecule has 9 heteroatoms. The first-order valence-corrected chi connectivity index (χ1v) is 6.85. The van der Waals surface area contributed by atoms with Gasteiger partial charge in [-0.15, -0.1) is 0 Å². The molecule has 0 atom stereocenters. The van der Waals surface area contributed by atoms with Crippen LogP contribution in [0.1, 0.15) is 18.1 Å². The first kappa shape index (κ1) is 14.5. The number of alkyl halides is 3. The van der Waals surface area contributed by atoms with Gasteiger partial charge >= 0.3 is 12.1 Å². The second-order valence-corrected chi connectivity index (χ2v) is 5.36. The Morgan fingerprint density at radius 2 is 2.00 bits per heavy atom. The lowest BCUT2D eigenvalue weighted by molar-refractivity contribution is -0.140. The number of nitrogens with zero attached hydrogens (tertiary/aromatic N) is 1. The van der Waals surface area contributed by atoms with Crippen molar-refractivity contribution in [2.45, 2.75) is 18.0 Å². The summed E-state index contributed by atoms with van der Waals surface area (Å²) in [6.45, 7) is 1.43. The average molecular weight is 307 g/mol. The summed E-state index contributed by atoms with van der Waals surface area (Å²) in [6.07, 6.45) is -4.86. The second-order valence-electron chi connectivity index (χ2n) is 3.82. The Balaban J connectivity index is 2.69. The van der Waals surface area contributed by atoms with Crippen LogP contribution in [0.15, 0.2) is 27.5 Å². The third kappa shape index (κ3) is 2.28. The van der Waals surface area contributed by atoms with Gasteiger partial charge in [0.2, 0.25) is 0 Å². The van der Waals surface area contributed by atoms with Crippen molar-refractivity contribution in [3.05, 3.63) is 29.3 Å². The Hall–Kier alpha value is -1.90. The fourth-order valence-corrected chi connectivity index (χ4v) is 3.20. The standard InChI is InChI=1S/C11H8F3NO4S/c1-2-19-10(16)8-6-4-3-5-7(11(12,13)14)9(6)20(17,18)15-8/h3-5H,2H2,1H3. The van der Waals surface area contributed by atoms with Crippen molar-refractivity contribution >= 4 is 21.7 Å². The Morgan fingerprint density at radius 1 is 1.35 bits per heavy atom. The number of fused-ring (bicyclic) bond motifs is 1. The molecule has 5 nitrogen and oxygen atoms in total. The lowest BCUT2D eigenvalue weighted by Gasteiger charge is -2.10. The van der Waals surface area contributed by atoms with E-state index in [1.165, 1.54) is 6.92 Å². The van der Waals surface area contributed by atoms with Crippen LogP contribution in [0.2, 0.25) is 0 Å². The van der Waals surface area contributed by atoms with Crippen molar-refractivity contribution in [3.63, 3.8) is 0 Å². The second kappa shape index (κ2) is 4.58. The number of rotatable bonds is 2.